The van der Waals surface area contributed by atoms with Gasteiger partial charge in [0, 0.05) is 50.1 Å². The number of Topliss-reactive ketones (excluding diaryl/α,β-unsaturated/α-hetero) is 1. The van der Waals surface area contributed by atoms with Crippen LogP contribution in [-0.2, 0) is 4.79 Å². The fourth-order valence-electron chi connectivity index (χ4n) is 3.70. The Balaban J connectivity index is 1.26. The van der Waals surface area contributed by atoms with Gasteiger partial charge in [-0.1, -0.05) is 60.2 Å². The summed E-state index contributed by atoms with van der Waals surface area (Å²) in [6.07, 6.45) is 0.493. The van der Waals surface area contributed by atoms with E-state index in [0.29, 0.717) is 31.7 Å². The molecule has 4 rings (SSSR count). The lowest BCUT2D eigenvalue weighted by Gasteiger charge is -2.35. The number of rotatable bonds is 6. The molecule has 0 saturated carbocycles. The van der Waals surface area contributed by atoms with E-state index < -0.39 is 0 Å². The standard InChI is InChI=1S/C25H26N4O2/c1-19-7-9-21(10-8-19)23(30)12-14-25(31)29-17-15-28(16-18-29)24-13-11-22(26-27-24)20-5-3-2-4-6-20/h2-11,13H,12,14-18H2,1H3. The van der Waals surface area contributed by atoms with Crippen molar-refractivity contribution in [3.63, 3.8) is 0 Å². The second-order valence-corrected chi connectivity index (χ2v) is 7.80. The van der Waals surface area contributed by atoms with Crippen molar-refractivity contribution in [2.75, 3.05) is 31.1 Å². The number of hydrogen-bond donors (Lipinski definition) is 0. The van der Waals surface area contributed by atoms with Crippen molar-refractivity contribution in [2.45, 2.75) is 19.8 Å². The number of nitrogens with zero attached hydrogens (tertiary/aromatic N) is 4. The molecule has 1 fully saturated rings. The molecular weight excluding hydrogens is 388 g/mol. The fourth-order valence-corrected chi connectivity index (χ4v) is 3.70. The number of piperazine rings is 1. The summed E-state index contributed by atoms with van der Waals surface area (Å²) >= 11 is 0. The van der Waals surface area contributed by atoms with Gasteiger partial charge < -0.3 is 9.80 Å². The van der Waals surface area contributed by atoms with Gasteiger partial charge in [0.1, 0.15) is 0 Å². The van der Waals surface area contributed by atoms with Gasteiger partial charge in [-0.25, -0.2) is 0 Å². The molecule has 6 heteroatoms. The Kier molecular flexibility index (Phi) is 6.36. The maximum Gasteiger partial charge on any atom is 0.223 e. The Morgan fingerprint density at radius 1 is 0.806 bits per heavy atom. The van der Waals surface area contributed by atoms with Crippen LogP contribution in [0.15, 0.2) is 66.7 Å². The highest BCUT2D eigenvalue weighted by Gasteiger charge is 2.22. The Morgan fingerprint density at radius 3 is 2.16 bits per heavy atom. The first-order valence-electron chi connectivity index (χ1n) is 10.6. The van der Waals surface area contributed by atoms with Crippen molar-refractivity contribution in [3.8, 4) is 11.3 Å². The van der Waals surface area contributed by atoms with Gasteiger partial charge >= 0.3 is 0 Å². The lowest BCUT2D eigenvalue weighted by molar-refractivity contribution is -0.131. The summed E-state index contributed by atoms with van der Waals surface area (Å²) in [5.74, 6) is 0.868. The zero-order valence-electron chi connectivity index (χ0n) is 17.7. The SMILES string of the molecule is Cc1ccc(C(=O)CCC(=O)N2CCN(c3ccc(-c4ccccc4)nn3)CC2)cc1. The molecule has 1 aliphatic heterocycles. The fraction of sp³-hybridized carbons (Fsp3) is 0.280. The first-order valence-corrected chi connectivity index (χ1v) is 10.6. The number of carbonyl (C=O) groups is 2. The minimum absolute atomic E-state index is 0.0146. The van der Waals surface area contributed by atoms with Crippen molar-refractivity contribution in [1.82, 2.24) is 15.1 Å². The molecular formula is C25H26N4O2. The molecule has 0 atom stereocenters. The highest BCUT2D eigenvalue weighted by molar-refractivity contribution is 5.98. The molecule has 2 heterocycles. The molecule has 2 aromatic carbocycles. The van der Waals surface area contributed by atoms with Crippen molar-refractivity contribution >= 4 is 17.5 Å². The van der Waals surface area contributed by atoms with Crippen LogP contribution in [0.1, 0.15) is 28.8 Å². The van der Waals surface area contributed by atoms with Crippen LogP contribution < -0.4 is 4.90 Å². The number of amides is 1. The maximum absolute atomic E-state index is 12.6. The number of carbonyl (C=O) groups excluding carboxylic acids is 2. The van der Waals surface area contributed by atoms with E-state index in [1.807, 2.05) is 78.6 Å². The van der Waals surface area contributed by atoms with Gasteiger partial charge in [-0.15, -0.1) is 10.2 Å². The van der Waals surface area contributed by atoms with Crippen molar-refractivity contribution in [1.29, 1.82) is 0 Å². The van der Waals surface area contributed by atoms with Crippen LogP contribution in [-0.4, -0.2) is 53.0 Å². The maximum atomic E-state index is 12.6. The summed E-state index contributed by atoms with van der Waals surface area (Å²) in [7, 11) is 0. The Morgan fingerprint density at radius 2 is 1.52 bits per heavy atom. The molecule has 0 spiro atoms. The second-order valence-electron chi connectivity index (χ2n) is 7.80. The molecule has 1 amide bonds. The monoisotopic (exact) mass is 414 g/mol. The lowest BCUT2D eigenvalue weighted by Crippen LogP contribution is -2.49. The van der Waals surface area contributed by atoms with Crippen molar-refractivity contribution in [3.05, 3.63) is 77.9 Å². The number of ketones is 1. The number of anilines is 1. The van der Waals surface area contributed by atoms with Crippen LogP contribution in [0.25, 0.3) is 11.3 Å². The third kappa shape index (κ3) is 5.15. The van der Waals surface area contributed by atoms with Crippen LogP contribution in [0.4, 0.5) is 5.82 Å². The molecule has 0 bridgehead atoms. The molecule has 1 aromatic heterocycles. The first kappa shape index (κ1) is 20.7. The van der Waals surface area contributed by atoms with E-state index in [2.05, 4.69) is 15.1 Å². The quantitative estimate of drug-likeness (QED) is 0.575. The zero-order valence-corrected chi connectivity index (χ0v) is 17.7. The van der Waals surface area contributed by atoms with Gasteiger partial charge in [-0.05, 0) is 19.1 Å². The molecule has 6 nitrogen and oxygen atoms in total. The first-order chi connectivity index (χ1) is 15.1. The molecule has 3 aromatic rings. The highest BCUT2D eigenvalue weighted by atomic mass is 16.2. The third-order valence-corrected chi connectivity index (χ3v) is 5.62. The van der Waals surface area contributed by atoms with Crippen molar-refractivity contribution < 1.29 is 9.59 Å². The van der Waals surface area contributed by atoms with Gasteiger partial charge in [0.15, 0.2) is 11.6 Å². The van der Waals surface area contributed by atoms with E-state index in [1.54, 1.807) is 0 Å². The molecule has 0 N–H and O–H groups in total. The van der Waals surface area contributed by atoms with E-state index in [9.17, 15) is 9.59 Å². The minimum atomic E-state index is 0.0146. The summed E-state index contributed by atoms with van der Waals surface area (Å²) in [4.78, 5) is 28.9. The van der Waals surface area contributed by atoms with Crippen LogP contribution in [0.2, 0.25) is 0 Å². The summed E-state index contributed by atoms with van der Waals surface area (Å²) in [6.45, 7) is 4.65. The van der Waals surface area contributed by atoms with Crippen LogP contribution in [0, 0.1) is 6.92 Å². The number of benzene rings is 2. The summed E-state index contributed by atoms with van der Waals surface area (Å²) in [6, 6.07) is 21.4. The summed E-state index contributed by atoms with van der Waals surface area (Å²) in [5.41, 5.74) is 3.67. The second kappa shape index (κ2) is 9.51. The van der Waals surface area contributed by atoms with Crippen LogP contribution >= 0.6 is 0 Å². The van der Waals surface area contributed by atoms with Gasteiger partial charge in [0.2, 0.25) is 5.91 Å². The van der Waals surface area contributed by atoms with E-state index >= 15 is 0 Å². The van der Waals surface area contributed by atoms with Gasteiger partial charge in [-0.2, -0.15) is 0 Å². The van der Waals surface area contributed by atoms with E-state index in [0.717, 1.165) is 22.6 Å². The van der Waals surface area contributed by atoms with Gasteiger partial charge in [0.05, 0.1) is 5.69 Å². The molecule has 0 unspecified atom stereocenters. The van der Waals surface area contributed by atoms with E-state index in [4.69, 9.17) is 0 Å². The average molecular weight is 415 g/mol. The largest absolute Gasteiger partial charge is 0.352 e. The average Bonchev–Trinajstić information content (AvgIpc) is 2.83. The zero-order chi connectivity index (χ0) is 21.6. The molecule has 1 aliphatic rings. The van der Waals surface area contributed by atoms with E-state index in [-0.39, 0.29) is 24.5 Å². The molecule has 0 aliphatic carbocycles. The molecule has 158 valence electrons. The van der Waals surface area contributed by atoms with Crippen LogP contribution in [0.5, 0.6) is 0 Å². The lowest BCUT2D eigenvalue weighted by atomic mass is 10.0. The van der Waals surface area contributed by atoms with Gasteiger partial charge in [-0.3, -0.25) is 9.59 Å². The number of aromatic nitrogens is 2. The smallest absolute Gasteiger partial charge is 0.223 e. The Hall–Kier alpha value is -3.54. The number of aryl methyl sites for hydroxylation is 1. The third-order valence-electron chi connectivity index (χ3n) is 5.62. The highest BCUT2D eigenvalue weighted by Crippen LogP contribution is 2.19. The summed E-state index contributed by atoms with van der Waals surface area (Å²) < 4.78 is 0. The minimum Gasteiger partial charge on any atom is -0.352 e. The van der Waals surface area contributed by atoms with Gasteiger partial charge in [0.25, 0.3) is 0 Å². The predicted octanol–water partition coefficient (Wildman–Crippen LogP) is 3.76. The molecule has 0 radical (unpaired) electrons. The Bertz CT molecular complexity index is 1030. The molecule has 1 saturated heterocycles. The normalized spacial score (nSPS) is 13.8. The number of hydrogen-bond acceptors (Lipinski definition) is 5. The van der Waals surface area contributed by atoms with Crippen molar-refractivity contribution in [2.24, 2.45) is 0 Å². The predicted molar refractivity (Wildman–Crippen MR) is 121 cm³/mol. The van der Waals surface area contributed by atoms with E-state index in [1.165, 1.54) is 0 Å². The summed E-state index contributed by atoms with van der Waals surface area (Å²) in [5, 5.41) is 8.73. The Labute approximate surface area is 182 Å². The topological polar surface area (TPSA) is 66.4 Å². The molecule has 31 heavy (non-hydrogen) atoms. The van der Waals surface area contributed by atoms with Crippen LogP contribution in [0.3, 0.4) is 0 Å².